The molecule has 2 aromatic heterocycles. The quantitative estimate of drug-likeness (QED) is 0.328. The van der Waals surface area contributed by atoms with Gasteiger partial charge in [-0.3, -0.25) is 4.57 Å². The third kappa shape index (κ3) is 4.27. The average molecular weight is 430 g/mol. The molecule has 4 aromatic rings. The number of benzene rings is 2. The highest BCUT2D eigenvalue weighted by Gasteiger charge is 2.16. The first kappa shape index (κ1) is 19.1. The number of thioether (sulfide) groups is 1. The molecule has 0 saturated carbocycles. The van der Waals surface area contributed by atoms with Gasteiger partial charge in [0.2, 0.25) is 0 Å². The van der Waals surface area contributed by atoms with E-state index >= 15 is 0 Å². The van der Waals surface area contributed by atoms with E-state index in [9.17, 15) is 0 Å². The smallest absolute Gasteiger partial charge is 0.192 e. The van der Waals surface area contributed by atoms with Crippen molar-refractivity contribution >= 4 is 35.0 Å². The van der Waals surface area contributed by atoms with Gasteiger partial charge in [-0.15, -0.1) is 10.2 Å². The van der Waals surface area contributed by atoms with Crippen molar-refractivity contribution in [1.29, 1.82) is 0 Å². The summed E-state index contributed by atoms with van der Waals surface area (Å²) in [7, 11) is 0. The Morgan fingerprint density at radius 3 is 2.68 bits per heavy atom. The largest absolute Gasteiger partial charge is 0.467 e. The molecular weight excluding hydrogens is 413 g/mol. The van der Waals surface area contributed by atoms with Crippen LogP contribution in [0.5, 0.6) is 0 Å². The lowest BCUT2D eigenvalue weighted by atomic mass is 10.1. The molecule has 0 amide bonds. The Morgan fingerprint density at radius 2 is 1.93 bits per heavy atom. The first-order chi connectivity index (χ1) is 13.6. The van der Waals surface area contributed by atoms with Crippen LogP contribution < -0.4 is 0 Å². The van der Waals surface area contributed by atoms with E-state index in [1.54, 1.807) is 24.1 Å². The van der Waals surface area contributed by atoms with Crippen molar-refractivity contribution in [3.63, 3.8) is 0 Å². The van der Waals surface area contributed by atoms with E-state index < -0.39 is 0 Å². The Kier molecular flexibility index (Phi) is 5.76. The zero-order chi connectivity index (χ0) is 19.5. The number of aromatic nitrogens is 3. The number of hydrogen-bond donors (Lipinski definition) is 0. The molecule has 7 heteroatoms. The molecular formula is C21H17Cl2N3OS. The van der Waals surface area contributed by atoms with Crippen LogP contribution in [0.4, 0.5) is 0 Å². The number of nitrogens with zero attached hydrogens (tertiary/aromatic N) is 3. The predicted octanol–water partition coefficient (Wildman–Crippen LogP) is 6.49. The van der Waals surface area contributed by atoms with E-state index in [0.29, 0.717) is 22.3 Å². The zero-order valence-electron chi connectivity index (χ0n) is 15.1. The van der Waals surface area contributed by atoms with Gasteiger partial charge in [0.05, 0.1) is 12.8 Å². The number of rotatable bonds is 6. The molecule has 0 saturated heterocycles. The molecule has 0 N–H and O–H groups in total. The van der Waals surface area contributed by atoms with Crippen LogP contribution in [0.2, 0.25) is 10.0 Å². The molecule has 4 nitrogen and oxygen atoms in total. The molecule has 0 fully saturated rings. The van der Waals surface area contributed by atoms with E-state index in [1.807, 2.05) is 36.4 Å². The lowest BCUT2D eigenvalue weighted by Gasteiger charge is -2.10. The fraction of sp³-hybridized carbons (Fsp3) is 0.143. The highest BCUT2D eigenvalue weighted by Crippen LogP contribution is 2.30. The fourth-order valence-electron chi connectivity index (χ4n) is 2.88. The maximum absolute atomic E-state index is 6.31. The Labute approximate surface area is 177 Å². The zero-order valence-corrected chi connectivity index (χ0v) is 17.4. The van der Waals surface area contributed by atoms with Crippen LogP contribution in [0, 0.1) is 6.92 Å². The van der Waals surface area contributed by atoms with Gasteiger partial charge in [-0.2, -0.15) is 0 Å². The predicted molar refractivity (Wildman–Crippen MR) is 114 cm³/mol. The normalized spacial score (nSPS) is 11.1. The summed E-state index contributed by atoms with van der Waals surface area (Å²) in [5, 5.41) is 11.0. The minimum absolute atomic E-state index is 0.556. The summed E-state index contributed by atoms with van der Waals surface area (Å²) in [6, 6.07) is 17.6. The van der Waals surface area contributed by atoms with Gasteiger partial charge < -0.3 is 4.42 Å². The minimum atomic E-state index is 0.556. The van der Waals surface area contributed by atoms with Crippen LogP contribution in [0.1, 0.15) is 16.9 Å². The molecule has 2 aromatic carbocycles. The molecule has 0 spiro atoms. The lowest BCUT2D eigenvalue weighted by molar-refractivity contribution is 0.485. The number of aryl methyl sites for hydroxylation is 1. The van der Waals surface area contributed by atoms with Crippen LogP contribution in [-0.2, 0) is 12.3 Å². The molecule has 0 bridgehead atoms. The maximum Gasteiger partial charge on any atom is 0.192 e. The van der Waals surface area contributed by atoms with Crippen molar-refractivity contribution in [1.82, 2.24) is 14.8 Å². The highest BCUT2D eigenvalue weighted by atomic mass is 35.5. The molecule has 0 aliphatic rings. The first-order valence-corrected chi connectivity index (χ1v) is 10.4. The summed E-state index contributed by atoms with van der Waals surface area (Å²) in [6.45, 7) is 2.62. The summed E-state index contributed by atoms with van der Waals surface area (Å²) in [5.41, 5.74) is 3.20. The van der Waals surface area contributed by atoms with E-state index in [-0.39, 0.29) is 0 Å². The Morgan fingerprint density at radius 1 is 1.04 bits per heavy atom. The van der Waals surface area contributed by atoms with Crippen LogP contribution in [-0.4, -0.2) is 14.8 Å². The highest BCUT2D eigenvalue weighted by molar-refractivity contribution is 7.98. The molecule has 0 radical (unpaired) electrons. The van der Waals surface area contributed by atoms with E-state index in [4.69, 9.17) is 27.6 Å². The molecule has 0 aliphatic carbocycles. The topological polar surface area (TPSA) is 43.9 Å². The number of halogens is 2. The standard InChI is InChI=1S/C21H17Cl2N3OS/c1-14-4-2-5-15(10-14)20-24-25-21(26(20)12-18-6-3-9-27-18)28-13-16-7-8-17(22)11-19(16)23/h2-11H,12-13H2,1H3. The third-order valence-corrected chi connectivity index (χ3v) is 5.86. The SMILES string of the molecule is Cc1cccc(-c2nnc(SCc3ccc(Cl)cc3Cl)n2Cc2ccco2)c1. The van der Waals surface area contributed by atoms with Gasteiger partial charge in [-0.05, 0) is 42.8 Å². The summed E-state index contributed by atoms with van der Waals surface area (Å²) >= 11 is 13.9. The van der Waals surface area contributed by atoms with Crippen molar-refractivity contribution in [2.45, 2.75) is 24.4 Å². The van der Waals surface area contributed by atoms with Crippen molar-refractivity contribution < 1.29 is 4.42 Å². The fourth-order valence-corrected chi connectivity index (χ4v) is 4.37. The second-order valence-corrected chi connectivity index (χ2v) is 8.15. The minimum Gasteiger partial charge on any atom is -0.467 e. The van der Waals surface area contributed by atoms with Crippen LogP contribution in [0.25, 0.3) is 11.4 Å². The number of hydrogen-bond acceptors (Lipinski definition) is 4. The monoisotopic (exact) mass is 429 g/mol. The molecule has 2 heterocycles. The van der Waals surface area contributed by atoms with E-state index in [1.165, 1.54) is 5.56 Å². The second-order valence-electron chi connectivity index (χ2n) is 6.37. The molecule has 28 heavy (non-hydrogen) atoms. The Hall–Kier alpha value is -2.21. The van der Waals surface area contributed by atoms with Crippen molar-refractivity contribution in [2.24, 2.45) is 0 Å². The van der Waals surface area contributed by atoms with Gasteiger partial charge in [0.25, 0.3) is 0 Å². The van der Waals surface area contributed by atoms with Crippen molar-refractivity contribution in [3.05, 3.63) is 87.8 Å². The Balaban J connectivity index is 1.66. The Bertz CT molecular complexity index is 1090. The van der Waals surface area contributed by atoms with Crippen LogP contribution in [0.3, 0.4) is 0 Å². The third-order valence-electron chi connectivity index (χ3n) is 4.26. The second kappa shape index (κ2) is 8.43. The van der Waals surface area contributed by atoms with Crippen LogP contribution in [0.15, 0.2) is 70.4 Å². The molecule has 142 valence electrons. The van der Waals surface area contributed by atoms with Crippen LogP contribution >= 0.6 is 35.0 Å². The summed E-state index contributed by atoms with van der Waals surface area (Å²) in [5.74, 6) is 2.32. The van der Waals surface area contributed by atoms with E-state index in [0.717, 1.165) is 27.9 Å². The molecule has 0 unspecified atom stereocenters. The average Bonchev–Trinajstić information content (AvgIpc) is 3.32. The molecule has 0 aliphatic heterocycles. The lowest BCUT2D eigenvalue weighted by Crippen LogP contribution is -2.03. The van der Waals surface area contributed by atoms with Gasteiger partial charge in [-0.25, -0.2) is 0 Å². The van der Waals surface area contributed by atoms with Gasteiger partial charge in [0, 0.05) is 21.4 Å². The van der Waals surface area contributed by atoms with Gasteiger partial charge >= 0.3 is 0 Å². The molecule has 4 rings (SSSR count). The summed E-state index contributed by atoms with van der Waals surface area (Å²) in [6.07, 6.45) is 1.67. The van der Waals surface area contributed by atoms with Gasteiger partial charge in [-0.1, -0.05) is 64.8 Å². The number of furan rings is 1. The summed E-state index contributed by atoms with van der Waals surface area (Å²) < 4.78 is 7.62. The van der Waals surface area contributed by atoms with Crippen molar-refractivity contribution in [2.75, 3.05) is 0 Å². The molecule has 0 atom stereocenters. The summed E-state index contributed by atoms with van der Waals surface area (Å²) in [4.78, 5) is 0. The van der Waals surface area contributed by atoms with Crippen molar-refractivity contribution in [3.8, 4) is 11.4 Å². The van der Waals surface area contributed by atoms with Gasteiger partial charge in [0.1, 0.15) is 5.76 Å². The first-order valence-electron chi connectivity index (χ1n) is 8.69. The van der Waals surface area contributed by atoms with Gasteiger partial charge in [0.15, 0.2) is 11.0 Å². The van der Waals surface area contributed by atoms with E-state index in [2.05, 4.69) is 33.8 Å². The maximum atomic E-state index is 6.31.